The first kappa shape index (κ1) is 28.2. The number of ketones is 1. The van der Waals surface area contributed by atoms with Gasteiger partial charge in [-0.3, -0.25) is 14.6 Å². The highest BCUT2D eigenvalue weighted by Gasteiger charge is 2.47. The lowest BCUT2D eigenvalue weighted by molar-refractivity contribution is -0.140. The summed E-state index contributed by atoms with van der Waals surface area (Å²) in [6.07, 6.45) is 3.20. The fourth-order valence-corrected chi connectivity index (χ4v) is 4.98. The third kappa shape index (κ3) is 4.86. The van der Waals surface area contributed by atoms with Crippen molar-refractivity contribution in [2.45, 2.75) is 33.4 Å². The monoisotopic (exact) mass is 549 g/mol. The molecule has 210 valence electrons. The van der Waals surface area contributed by atoms with Crippen LogP contribution in [0, 0.1) is 13.8 Å². The topological polar surface area (TPSA) is 140 Å². The first-order chi connectivity index (χ1) is 19.2. The molecule has 11 nitrogen and oxygen atoms in total. The number of aromatic nitrogens is 2. The van der Waals surface area contributed by atoms with Crippen LogP contribution < -0.4 is 14.2 Å². The van der Waals surface area contributed by atoms with Gasteiger partial charge in [0.05, 0.1) is 39.6 Å². The zero-order valence-electron chi connectivity index (χ0n) is 23.2. The van der Waals surface area contributed by atoms with Crippen molar-refractivity contribution in [3.05, 3.63) is 75.9 Å². The van der Waals surface area contributed by atoms with E-state index in [1.807, 2.05) is 0 Å². The molecule has 1 amide bonds. The van der Waals surface area contributed by atoms with E-state index >= 15 is 0 Å². The number of carbonyl (C=O) groups is 3. The molecule has 1 fully saturated rings. The van der Waals surface area contributed by atoms with Crippen LogP contribution in [0.2, 0.25) is 0 Å². The Balaban J connectivity index is 1.98. The van der Waals surface area contributed by atoms with E-state index in [0.717, 1.165) is 0 Å². The Morgan fingerprint density at radius 2 is 1.77 bits per heavy atom. The van der Waals surface area contributed by atoms with Crippen LogP contribution >= 0.6 is 0 Å². The van der Waals surface area contributed by atoms with Crippen molar-refractivity contribution in [2.75, 3.05) is 27.9 Å². The van der Waals surface area contributed by atoms with Crippen molar-refractivity contribution in [1.82, 2.24) is 14.9 Å². The predicted molar refractivity (Wildman–Crippen MR) is 144 cm³/mol. The van der Waals surface area contributed by atoms with Gasteiger partial charge in [0.1, 0.15) is 11.5 Å². The number of Topliss-reactive ketones (excluding diaryl/α,β-unsaturated/α-hetero) is 1. The minimum Gasteiger partial charge on any atom is -0.507 e. The Morgan fingerprint density at radius 1 is 1.10 bits per heavy atom. The molecule has 1 atom stereocenters. The molecule has 11 heteroatoms. The van der Waals surface area contributed by atoms with Crippen molar-refractivity contribution < 1.29 is 38.4 Å². The van der Waals surface area contributed by atoms with Crippen LogP contribution in [-0.2, 0) is 20.9 Å². The van der Waals surface area contributed by atoms with Crippen LogP contribution in [0.3, 0.4) is 0 Å². The summed E-state index contributed by atoms with van der Waals surface area (Å²) in [5, 5.41) is 11.7. The number of benzene rings is 1. The molecule has 1 aliphatic rings. The maximum Gasteiger partial charge on any atom is 0.355 e. The van der Waals surface area contributed by atoms with Gasteiger partial charge in [0.2, 0.25) is 5.75 Å². The number of aliphatic hydroxyl groups is 1. The summed E-state index contributed by atoms with van der Waals surface area (Å²) in [5.41, 5.74) is 2.17. The van der Waals surface area contributed by atoms with Crippen LogP contribution in [0.25, 0.3) is 5.76 Å². The fourth-order valence-electron chi connectivity index (χ4n) is 4.98. The molecule has 0 radical (unpaired) electrons. The van der Waals surface area contributed by atoms with Crippen molar-refractivity contribution in [3.63, 3.8) is 0 Å². The first-order valence-corrected chi connectivity index (χ1v) is 12.5. The SMILES string of the molecule is CCOC(=O)c1[nH]c(C)c(/C(O)=C2\C(=O)C(=O)N(Cc3cccnc3)C2c2cc(OC)c(OC)c(OC)c2)c1C. The molecule has 1 aromatic carbocycles. The Hall–Kier alpha value is -4.80. The lowest BCUT2D eigenvalue weighted by Gasteiger charge is -2.26. The standard InChI is InChI=1S/C29H31N3O8/c1-7-40-29(36)23-15(2)21(16(3)31-23)25(33)22-24(18-11-19(37-4)27(39-6)20(12-18)38-5)32(28(35)26(22)34)14-17-9-8-10-30-13-17/h8-13,24,31,33H,7,14H2,1-6H3/b25-22+. The van der Waals surface area contributed by atoms with Crippen molar-refractivity contribution in [2.24, 2.45) is 0 Å². The number of ether oxygens (including phenoxy) is 4. The molecule has 2 aromatic heterocycles. The lowest BCUT2D eigenvalue weighted by Crippen LogP contribution is -2.29. The number of esters is 1. The van der Waals surface area contributed by atoms with Crippen molar-refractivity contribution in [1.29, 1.82) is 0 Å². The van der Waals surface area contributed by atoms with E-state index in [1.165, 1.54) is 26.2 Å². The van der Waals surface area contributed by atoms with Crippen LogP contribution in [-0.4, -0.2) is 65.6 Å². The number of H-pyrrole nitrogens is 1. The number of methoxy groups -OCH3 is 3. The summed E-state index contributed by atoms with van der Waals surface area (Å²) in [6.45, 7) is 5.18. The quantitative estimate of drug-likeness (QED) is 0.176. The Labute approximate surface area is 231 Å². The highest BCUT2D eigenvalue weighted by molar-refractivity contribution is 6.46. The summed E-state index contributed by atoms with van der Waals surface area (Å²) >= 11 is 0. The number of rotatable bonds is 9. The van der Waals surface area contributed by atoms with E-state index in [-0.39, 0.29) is 30.0 Å². The fraction of sp³-hybridized carbons (Fsp3) is 0.310. The van der Waals surface area contributed by atoms with E-state index in [0.29, 0.717) is 39.6 Å². The second-order valence-electron chi connectivity index (χ2n) is 9.09. The molecular weight excluding hydrogens is 518 g/mol. The van der Waals surface area contributed by atoms with Gasteiger partial charge >= 0.3 is 5.97 Å². The number of amides is 1. The molecule has 1 aliphatic heterocycles. The number of aryl methyl sites for hydroxylation is 1. The van der Waals surface area contributed by atoms with E-state index < -0.39 is 29.5 Å². The highest BCUT2D eigenvalue weighted by atomic mass is 16.5. The molecule has 0 bridgehead atoms. The zero-order valence-corrected chi connectivity index (χ0v) is 23.2. The molecule has 1 unspecified atom stereocenters. The smallest absolute Gasteiger partial charge is 0.355 e. The van der Waals surface area contributed by atoms with Crippen molar-refractivity contribution in [3.8, 4) is 17.2 Å². The van der Waals surface area contributed by atoms with Gasteiger partial charge in [-0.1, -0.05) is 6.07 Å². The maximum atomic E-state index is 13.6. The van der Waals surface area contributed by atoms with E-state index in [4.69, 9.17) is 18.9 Å². The molecule has 0 saturated carbocycles. The first-order valence-electron chi connectivity index (χ1n) is 12.5. The van der Waals surface area contributed by atoms with Crippen LogP contribution in [0.4, 0.5) is 0 Å². The number of pyridine rings is 1. The number of aromatic amines is 1. The minimum absolute atomic E-state index is 0.0374. The summed E-state index contributed by atoms with van der Waals surface area (Å²) in [4.78, 5) is 48.0. The highest BCUT2D eigenvalue weighted by Crippen LogP contribution is 2.46. The number of aliphatic hydroxyl groups excluding tert-OH is 1. The number of nitrogens with zero attached hydrogens (tertiary/aromatic N) is 2. The average molecular weight is 550 g/mol. The van der Waals surface area contributed by atoms with Gasteiger partial charge in [-0.15, -0.1) is 0 Å². The molecule has 2 N–H and O–H groups in total. The van der Waals surface area contributed by atoms with Crippen LogP contribution in [0.15, 0.2) is 42.2 Å². The summed E-state index contributed by atoms with van der Waals surface area (Å²) < 4.78 is 21.6. The third-order valence-corrected chi connectivity index (χ3v) is 6.77. The van der Waals surface area contributed by atoms with Crippen LogP contribution in [0.5, 0.6) is 17.2 Å². The molecule has 3 heterocycles. The number of nitrogens with one attached hydrogen (secondary N) is 1. The lowest BCUT2D eigenvalue weighted by atomic mass is 9.93. The molecule has 1 saturated heterocycles. The largest absolute Gasteiger partial charge is 0.507 e. The second kappa shape index (κ2) is 11.5. The minimum atomic E-state index is -1.03. The normalized spacial score (nSPS) is 16.2. The number of carbonyl (C=O) groups excluding carboxylic acids is 3. The van der Waals surface area contributed by atoms with E-state index in [1.54, 1.807) is 57.4 Å². The van der Waals surface area contributed by atoms with Gasteiger partial charge in [0, 0.05) is 30.2 Å². The van der Waals surface area contributed by atoms with Gasteiger partial charge in [0.25, 0.3) is 11.7 Å². The van der Waals surface area contributed by atoms with Gasteiger partial charge < -0.3 is 33.9 Å². The third-order valence-electron chi connectivity index (χ3n) is 6.77. The van der Waals surface area contributed by atoms with Crippen molar-refractivity contribution >= 4 is 23.4 Å². The molecule has 40 heavy (non-hydrogen) atoms. The van der Waals surface area contributed by atoms with Crippen LogP contribution in [0.1, 0.15) is 51.4 Å². The molecular formula is C29H31N3O8. The summed E-state index contributed by atoms with van der Waals surface area (Å²) in [6, 6.07) is 5.73. The number of hydrogen-bond donors (Lipinski definition) is 2. The van der Waals surface area contributed by atoms with Gasteiger partial charge in [-0.2, -0.15) is 0 Å². The van der Waals surface area contributed by atoms with E-state index in [9.17, 15) is 19.5 Å². The average Bonchev–Trinajstić information content (AvgIpc) is 3.39. The Bertz CT molecular complexity index is 1470. The van der Waals surface area contributed by atoms with Gasteiger partial charge in [0.15, 0.2) is 11.5 Å². The molecule has 4 rings (SSSR count). The van der Waals surface area contributed by atoms with E-state index in [2.05, 4.69) is 9.97 Å². The van der Waals surface area contributed by atoms with Gasteiger partial charge in [-0.05, 0) is 55.7 Å². The summed E-state index contributed by atoms with van der Waals surface area (Å²) in [5.74, 6) is -1.76. The zero-order chi connectivity index (χ0) is 29.1. The predicted octanol–water partition coefficient (Wildman–Crippen LogP) is 3.85. The van der Waals surface area contributed by atoms with Gasteiger partial charge in [-0.25, -0.2) is 4.79 Å². The molecule has 0 spiro atoms. The summed E-state index contributed by atoms with van der Waals surface area (Å²) in [7, 11) is 4.38. The number of likely N-dealkylation sites (tertiary alicyclic amines) is 1. The Morgan fingerprint density at radius 3 is 2.33 bits per heavy atom. The molecule has 0 aliphatic carbocycles. The maximum absolute atomic E-state index is 13.6. The number of hydrogen-bond acceptors (Lipinski definition) is 9. The Kier molecular flexibility index (Phi) is 8.13. The molecule has 3 aromatic rings. The second-order valence-corrected chi connectivity index (χ2v) is 9.09.